The molecule has 0 aromatic rings. The Morgan fingerprint density at radius 3 is 3.20 bits per heavy atom. The number of amides is 1. The molecule has 0 bridgehead atoms. The molecule has 2 heterocycles. The fourth-order valence-corrected chi connectivity index (χ4v) is 2.23. The predicted molar refractivity (Wildman–Crippen MR) is 57.6 cm³/mol. The van der Waals surface area contributed by atoms with Crippen LogP contribution in [-0.4, -0.2) is 38.3 Å². The molecule has 0 saturated carbocycles. The Balaban J connectivity index is 1.70. The quantitative estimate of drug-likeness (QED) is 0.706. The summed E-state index contributed by atoms with van der Waals surface area (Å²) in [5, 5.41) is 6.39. The van der Waals surface area contributed by atoms with Crippen LogP contribution in [0.4, 0.5) is 0 Å². The third kappa shape index (κ3) is 3.47. The molecule has 1 amide bonds. The van der Waals surface area contributed by atoms with Crippen molar-refractivity contribution >= 4 is 5.91 Å². The fourth-order valence-electron chi connectivity index (χ4n) is 2.23. The van der Waals surface area contributed by atoms with E-state index in [0.717, 1.165) is 45.6 Å². The number of rotatable bonds is 3. The summed E-state index contributed by atoms with van der Waals surface area (Å²) < 4.78 is 5.32. The molecule has 0 spiro atoms. The van der Waals surface area contributed by atoms with E-state index in [9.17, 15) is 4.79 Å². The van der Waals surface area contributed by atoms with E-state index in [1.807, 2.05) is 0 Å². The molecule has 2 aliphatic heterocycles. The van der Waals surface area contributed by atoms with Gasteiger partial charge in [-0.2, -0.15) is 0 Å². The van der Waals surface area contributed by atoms with Crippen LogP contribution in [0.15, 0.2) is 0 Å². The van der Waals surface area contributed by atoms with Gasteiger partial charge >= 0.3 is 0 Å². The van der Waals surface area contributed by atoms with Crippen LogP contribution < -0.4 is 10.6 Å². The van der Waals surface area contributed by atoms with E-state index in [0.29, 0.717) is 18.4 Å². The molecule has 0 aliphatic carbocycles. The second kappa shape index (κ2) is 5.47. The maximum atomic E-state index is 11.3. The summed E-state index contributed by atoms with van der Waals surface area (Å²) in [6.45, 7) is 3.62. The van der Waals surface area contributed by atoms with Gasteiger partial charge in [-0.3, -0.25) is 4.79 Å². The molecule has 2 aliphatic rings. The van der Waals surface area contributed by atoms with E-state index in [4.69, 9.17) is 4.74 Å². The summed E-state index contributed by atoms with van der Waals surface area (Å²) in [5.74, 6) is 0.837. The van der Waals surface area contributed by atoms with Gasteiger partial charge in [0, 0.05) is 32.2 Å². The number of carbonyl (C=O) groups excluding carboxylic acids is 1. The van der Waals surface area contributed by atoms with Crippen molar-refractivity contribution in [2.45, 2.75) is 31.7 Å². The Kier molecular flexibility index (Phi) is 3.97. The zero-order valence-corrected chi connectivity index (χ0v) is 9.13. The first-order valence-electron chi connectivity index (χ1n) is 5.92. The first-order chi connectivity index (χ1) is 7.34. The highest BCUT2D eigenvalue weighted by molar-refractivity contribution is 5.76. The highest BCUT2D eigenvalue weighted by Gasteiger charge is 2.20. The molecule has 2 unspecified atom stereocenters. The molecule has 86 valence electrons. The van der Waals surface area contributed by atoms with Crippen LogP contribution in [0.3, 0.4) is 0 Å². The molecule has 15 heavy (non-hydrogen) atoms. The van der Waals surface area contributed by atoms with Gasteiger partial charge < -0.3 is 15.4 Å². The molecule has 0 radical (unpaired) electrons. The summed E-state index contributed by atoms with van der Waals surface area (Å²) in [4.78, 5) is 11.3. The normalized spacial score (nSPS) is 32.4. The minimum atomic E-state index is 0.188. The van der Waals surface area contributed by atoms with Crippen LogP contribution >= 0.6 is 0 Å². The van der Waals surface area contributed by atoms with Gasteiger partial charge in [0.05, 0.1) is 6.61 Å². The molecule has 4 heteroatoms. The van der Waals surface area contributed by atoms with Gasteiger partial charge in [0.25, 0.3) is 0 Å². The maximum Gasteiger partial charge on any atom is 0.221 e. The van der Waals surface area contributed by atoms with Crippen molar-refractivity contribution < 1.29 is 9.53 Å². The van der Waals surface area contributed by atoms with Crippen LogP contribution in [-0.2, 0) is 9.53 Å². The van der Waals surface area contributed by atoms with Crippen molar-refractivity contribution in [1.29, 1.82) is 0 Å². The molecule has 2 atom stereocenters. The van der Waals surface area contributed by atoms with Crippen molar-refractivity contribution in [3.05, 3.63) is 0 Å². The van der Waals surface area contributed by atoms with Gasteiger partial charge in [-0.15, -0.1) is 0 Å². The fraction of sp³-hybridized carbons (Fsp3) is 0.909. The lowest BCUT2D eigenvalue weighted by Gasteiger charge is -2.17. The van der Waals surface area contributed by atoms with E-state index in [-0.39, 0.29) is 5.91 Å². The third-order valence-electron chi connectivity index (χ3n) is 3.20. The van der Waals surface area contributed by atoms with Gasteiger partial charge in [0.15, 0.2) is 0 Å². The molecule has 0 aromatic carbocycles. The second-order valence-electron chi connectivity index (χ2n) is 4.53. The highest BCUT2D eigenvalue weighted by Crippen LogP contribution is 2.12. The zero-order valence-electron chi connectivity index (χ0n) is 9.13. The number of carbonyl (C=O) groups is 1. The van der Waals surface area contributed by atoms with Crippen LogP contribution in [0, 0.1) is 5.92 Å². The van der Waals surface area contributed by atoms with Crippen LogP contribution in [0.1, 0.15) is 25.7 Å². The van der Waals surface area contributed by atoms with E-state index < -0.39 is 0 Å². The largest absolute Gasteiger partial charge is 0.381 e. The van der Waals surface area contributed by atoms with Gasteiger partial charge in [0.2, 0.25) is 5.91 Å². The first kappa shape index (κ1) is 10.9. The van der Waals surface area contributed by atoms with Crippen molar-refractivity contribution in [3.63, 3.8) is 0 Å². The van der Waals surface area contributed by atoms with E-state index in [2.05, 4.69) is 10.6 Å². The summed E-state index contributed by atoms with van der Waals surface area (Å²) in [6, 6.07) is 0.369. The zero-order chi connectivity index (χ0) is 10.5. The van der Waals surface area contributed by atoms with Crippen molar-refractivity contribution in [2.24, 2.45) is 5.92 Å². The maximum absolute atomic E-state index is 11.3. The molecule has 2 fully saturated rings. The van der Waals surface area contributed by atoms with Crippen molar-refractivity contribution in [1.82, 2.24) is 10.6 Å². The van der Waals surface area contributed by atoms with Crippen LogP contribution in [0.25, 0.3) is 0 Å². The van der Waals surface area contributed by atoms with Gasteiger partial charge in [-0.25, -0.2) is 0 Å². The average Bonchev–Trinajstić information content (AvgIpc) is 2.65. The minimum Gasteiger partial charge on any atom is -0.381 e. The molecule has 2 N–H and O–H groups in total. The van der Waals surface area contributed by atoms with E-state index in [1.165, 1.54) is 0 Å². The van der Waals surface area contributed by atoms with Crippen molar-refractivity contribution in [2.75, 3.05) is 26.3 Å². The van der Waals surface area contributed by atoms with Gasteiger partial charge in [-0.1, -0.05) is 0 Å². The standard InChI is InChI=1S/C11H20N2O2/c14-11-6-10(2-1-4-12-11)13-7-9-3-5-15-8-9/h9-10,13H,1-8H2,(H,12,14). The Morgan fingerprint density at radius 2 is 2.40 bits per heavy atom. The lowest BCUT2D eigenvalue weighted by Crippen LogP contribution is -2.35. The lowest BCUT2D eigenvalue weighted by atomic mass is 10.1. The molecule has 0 aromatic heterocycles. The summed E-state index contributed by atoms with van der Waals surface area (Å²) in [6.07, 6.45) is 3.98. The summed E-state index contributed by atoms with van der Waals surface area (Å²) >= 11 is 0. The first-order valence-corrected chi connectivity index (χ1v) is 5.92. The lowest BCUT2D eigenvalue weighted by molar-refractivity contribution is -0.121. The Labute approximate surface area is 90.8 Å². The summed E-state index contributed by atoms with van der Waals surface area (Å²) in [5.41, 5.74) is 0. The third-order valence-corrected chi connectivity index (χ3v) is 3.20. The molecule has 4 nitrogen and oxygen atoms in total. The predicted octanol–water partition coefficient (Wildman–Crippen LogP) is 0.281. The Hall–Kier alpha value is -0.610. The van der Waals surface area contributed by atoms with E-state index >= 15 is 0 Å². The van der Waals surface area contributed by atoms with Crippen molar-refractivity contribution in [3.8, 4) is 0 Å². The molecular formula is C11H20N2O2. The summed E-state index contributed by atoms with van der Waals surface area (Å²) in [7, 11) is 0. The second-order valence-corrected chi connectivity index (χ2v) is 4.53. The molecule has 2 rings (SSSR count). The SMILES string of the molecule is O=C1CC(NCC2CCOC2)CCCN1. The van der Waals surface area contributed by atoms with Gasteiger partial charge in [0.1, 0.15) is 0 Å². The number of nitrogens with one attached hydrogen (secondary N) is 2. The van der Waals surface area contributed by atoms with Gasteiger partial charge in [-0.05, 0) is 25.2 Å². The Bertz CT molecular complexity index is 215. The number of ether oxygens (including phenoxy) is 1. The molecule has 2 saturated heterocycles. The smallest absolute Gasteiger partial charge is 0.221 e. The molecular weight excluding hydrogens is 192 g/mol. The Morgan fingerprint density at radius 1 is 1.47 bits per heavy atom. The highest BCUT2D eigenvalue weighted by atomic mass is 16.5. The topological polar surface area (TPSA) is 50.4 Å². The average molecular weight is 212 g/mol. The minimum absolute atomic E-state index is 0.188. The number of hydrogen-bond donors (Lipinski definition) is 2. The van der Waals surface area contributed by atoms with Crippen LogP contribution in [0.2, 0.25) is 0 Å². The van der Waals surface area contributed by atoms with Crippen LogP contribution in [0.5, 0.6) is 0 Å². The number of hydrogen-bond acceptors (Lipinski definition) is 3. The monoisotopic (exact) mass is 212 g/mol. The van der Waals surface area contributed by atoms with E-state index in [1.54, 1.807) is 0 Å².